The van der Waals surface area contributed by atoms with Crippen molar-refractivity contribution in [2.45, 2.75) is 13.3 Å². The number of ether oxygens (including phenoxy) is 5. The smallest absolute Gasteiger partial charge is 0.412 e. The molecule has 0 atom stereocenters. The summed E-state index contributed by atoms with van der Waals surface area (Å²) in [7, 11) is 0. The summed E-state index contributed by atoms with van der Waals surface area (Å²) in [5.74, 6) is 0.769. The number of fused-ring (bicyclic) bond motifs is 1. The van der Waals surface area contributed by atoms with E-state index in [-0.39, 0.29) is 19.8 Å². The Hall–Kier alpha value is -3.88. The van der Waals surface area contributed by atoms with Gasteiger partial charge in [0.2, 0.25) is 0 Å². The van der Waals surface area contributed by atoms with E-state index in [9.17, 15) is 9.59 Å². The lowest BCUT2D eigenvalue weighted by molar-refractivity contribution is -0.139. The van der Waals surface area contributed by atoms with Crippen LogP contribution < -0.4 is 14.8 Å². The largest absolute Gasteiger partial charge is 0.493 e. The zero-order chi connectivity index (χ0) is 26.3. The second kappa shape index (κ2) is 15.3. The van der Waals surface area contributed by atoms with E-state index in [2.05, 4.69) is 24.0 Å². The molecule has 0 saturated carbocycles. The third kappa shape index (κ3) is 9.25. The summed E-state index contributed by atoms with van der Waals surface area (Å²) in [6.07, 6.45) is 1.34. The summed E-state index contributed by atoms with van der Waals surface area (Å²) in [5, 5.41) is 4.38. The lowest BCUT2D eigenvalue weighted by Crippen LogP contribution is -2.30. The van der Waals surface area contributed by atoms with Crippen molar-refractivity contribution in [2.24, 2.45) is 0 Å². The molecule has 8 nitrogen and oxygen atoms in total. The Labute approximate surface area is 217 Å². The van der Waals surface area contributed by atoms with Gasteiger partial charge in [-0.3, -0.25) is 0 Å². The van der Waals surface area contributed by atoms with Crippen LogP contribution in [0.25, 0.3) is 10.8 Å². The van der Waals surface area contributed by atoms with Gasteiger partial charge in [-0.15, -0.1) is 0 Å². The molecule has 0 spiro atoms. The van der Waals surface area contributed by atoms with Gasteiger partial charge in [-0.1, -0.05) is 61.2 Å². The molecule has 3 aromatic carbocycles. The van der Waals surface area contributed by atoms with Crippen LogP contribution in [-0.2, 0) is 25.4 Å². The molecule has 0 saturated heterocycles. The minimum Gasteiger partial charge on any atom is -0.493 e. The monoisotopic (exact) mass is 507 g/mol. The van der Waals surface area contributed by atoms with Crippen LogP contribution in [0.4, 0.5) is 4.79 Å². The predicted molar refractivity (Wildman–Crippen MR) is 141 cm³/mol. The first-order chi connectivity index (χ1) is 18.1. The number of rotatable bonds is 15. The number of aryl methyl sites for hydroxylation is 1. The molecule has 0 heterocycles. The molecule has 0 aliphatic carbocycles. The third-order valence-electron chi connectivity index (χ3n) is 5.36. The molecule has 0 aliphatic heterocycles. The maximum Gasteiger partial charge on any atom is 0.412 e. The van der Waals surface area contributed by atoms with Crippen molar-refractivity contribution in [1.82, 2.24) is 5.32 Å². The first kappa shape index (κ1) is 27.7. The zero-order valence-corrected chi connectivity index (χ0v) is 21.1. The molecule has 1 amide bonds. The molecule has 8 heteroatoms. The van der Waals surface area contributed by atoms with Crippen molar-refractivity contribution in [3.8, 4) is 11.5 Å². The highest BCUT2D eigenvalue weighted by Gasteiger charge is 2.15. The second-order valence-corrected chi connectivity index (χ2v) is 8.06. The van der Waals surface area contributed by atoms with Gasteiger partial charge >= 0.3 is 12.1 Å². The van der Waals surface area contributed by atoms with Crippen LogP contribution in [0.1, 0.15) is 11.1 Å². The molecule has 196 valence electrons. The van der Waals surface area contributed by atoms with Gasteiger partial charge in [0.1, 0.15) is 18.1 Å². The summed E-state index contributed by atoms with van der Waals surface area (Å²) in [6.45, 7) is 7.47. The molecule has 37 heavy (non-hydrogen) atoms. The standard InChI is InChI=1S/C29H33NO7/c1-3-27(31)36-20-19-34-18-17-33-16-14-30-29(32)37-28-22(2)21-26(24-11-7-8-12-25(24)28)35-15-13-23-9-5-4-6-10-23/h3-12,21H,1,13-20H2,2H3,(H,30,32). The van der Waals surface area contributed by atoms with Crippen LogP contribution in [0.5, 0.6) is 11.5 Å². The van der Waals surface area contributed by atoms with Crippen molar-refractivity contribution < 1.29 is 33.3 Å². The van der Waals surface area contributed by atoms with E-state index in [0.717, 1.165) is 34.6 Å². The normalized spacial score (nSPS) is 10.6. The number of hydrogen-bond acceptors (Lipinski definition) is 7. The fraction of sp³-hybridized carbons (Fsp3) is 0.310. The fourth-order valence-corrected chi connectivity index (χ4v) is 3.56. The van der Waals surface area contributed by atoms with Gasteiger partial charge in [-0.2, -0.15) is 0 Å². The van der Waals surface area contributed by atoms with Gasteiger partial charge in [-0.05, 0) is 24.1 Å². The van der Waals surface area contributed by atoms with E-state index in [1.165, 1.54) is 5.56 Å². The van der Waals surface area contributed by atoms with E-state index in [1.54, 1.807) is 0 Å². The van der Waals surface area contributed by atoms with E-state index < -0.39 is 12.1 Å². The Bertz CT molecular complexity index is 1160. The van der Waals surface area contributed by atoms with Crippen LogP contribution in [-0.4, -0.2) is 58.2 Å². The van der Waals surface area contributed by atoms with E-state index in [4.69, 9.17) is 23.7 Å². The van der Waals surface area contributed by atoms with Gasteiger partial charge in [0.05, 0.1) is 33.0 Å². The highest BCUT2D eigenvalue weighted by atomic mass is 16.6. The molecular formula is C29H33NO7. The van der Waals surface area contributed by atoms with Gasteiger partial charge in [0.25, 0.3) is 0 Å². The van der Waals surface area contributed by atoms with Crippen molar-refractivity contribution in [3.63, 3.8) is 0 Å². The molecule has 0 bridgehead atoms. The SMILES string of the molecule is C=CC(=O)OCCOCCOCCNC(=O)Oc1c(C)cc(OCCc2ccccc2)c2ccccc12. The molecule has 1 N–H and O–H groups in total. The van der Waals surface area contributed by atoms with Crippen LogP contribution in [0.15, 0.2) is 73.3 Å². The number of carbonyl (C=O) groups excluding carboxylic acids is 2. The van der Waals surface area contributed by atoms with Crippen molar-refractivity contribution in [2.75, 3.05) is 46.2 Å². The van der Waals surface area contributed by atoms with Crippen LogP contribution >= 0.6 is 0 Å². The summed E-state index contributed by atoms with van der Waals surface area (Å²) < 4.78 is 27.3. The van der Waals surface area contributed by atoms with Gasteiger partial charge in [0.15, 0.2) is 0 Å². The zero-order valence-electron chi connectivity index (χ0n) is 21.1. The van der Waals surface area contributed by atoms with Crippen LogP contribution in [0.2, 0.25) is 0 Å². The summed E-state index contributed by atoms with van der Waals surface area (Å²) in [6, 6.07) is 19.8. The maximum absolute atomic E-state index is 12.4. The van der Waals surface area contributed by atoms with E-state index >= 15 is 0 Å². The number of hydrogen-bond donors (Lipinski definition) is 1. The number of benzene rings is 3. The van der Waals surface area contributed by atoms with E-state index in [0.29, 0.717) is 32.2 Å². The molecule has 0 fully saturated rings. The molecule has 0 aromatic heterocycles. The third-order valence-corrected chi connectivity index (χ3v) is 5.36. The average molecular weight is 508 g/mol. The molecule has 0 aliphatic rings. The molecule has 0 unspecified atom stereocenters. The number of carbonyl (C=O) groups is 2. The Morgan fingerprint density at radius 3 is 2.30 bits per heavy atom. The predicted octanol–water partition coefficient (Wildman–Crippen LogP) is 4.62. The first-order valence-electron chi connectivity index (χ1n) is 12.2. The minimum absolute atomic E-state index is 0.160. The van der Waals surface area contributed by atoms with Crippen molar-refractivity contribution in [1.29, 1.82) is 0 Å². The Balaban J connectivity index is 1.42. The topological polar surface area (TPSA) is 92.3 Å². The van der Waals surface area contributed by atoms with E-state index in [1.807, 2.05) is 55.5 Å². The molecule has 3 rings (SSSR count). The maximum atomic E-state index is 12.4. The lowest BCUT2D eigenvalue weighted by Gasteiger charge is -2.16. The van der Waals surface area contributed by atoms with Crippen molar-refractivity contribution in [3.05, 3.63) is 84.4 Å². The number of amides is 1. The van der Waals surface area contributed by atoms with Gasteiger partial charge in [0, 0.05) is 29.8 Å². The first-order valence-corrected chi connectivity index (χ1v) is 12.2. The van der Waals surface area contributed by atoms with Crippen LogP contribution in [0, 0.1) is 6.92 Å². The fourth-order valence-electron chi connectivity index (χ4n) is 3.56. The second-order valence-electron chi connectivity index (χ2n) is 8.06. The Morgan fingerprint density at radius 1 is 0.865 bits per heavy atom. The quantitative estimate of drug-likeness (QED) is 0.182. The summed E-state index contributed by atoms with van der Waals surface area (Å²) in [4.78, 5) is 23.3. The minimum atomic E-state index is -0.560. The van der Waals surface area contributed by atoms with Crippen molar-refractivity contribution >= 4 is 22.8 Å². The lowest BCUT2D eigenvalue weighted by atomic mass is 10.0. The average Bonchev–Trinajstić information content (AvgIpc) is 2.92. The summed E-state index contributed by atoms with van der Waals surface area (Å²) >= 11 is 0. The Morgan fingerprint density at radius 2 is 1.54 bits per heavy atom. The highest BCUT2D eigenvalue weighted by Crippen LogP contribution is 2.36. The number of nitrogens with one attached hydrogen (secondary N) is 1. The molecular weight excluding hydrogens is 474 g/mol. The highest BCUT2D eigenvalue weighted by molar-refractivity contribution is 5.95. The Kier molecular flexibility index (Phi) is 11.4. The van der Waals surface area contributed by atoms with Gasteiger partial charge in [-0.25, -0.2) is 9.59 Å². The summed E-state index contributed by atoms with van der Waals surface area (Å²) in [5.41, 5.74) is 2.01. The molecule has 3 aromatic rings. The van der Waals surface area contributed by atoms with Crippen LogP contribution in [0.3, 0.4) is 0 Å². The number of esters is 1. The molecule has 0 radical (unpaired) electrons. The van der Waals surface area contributed by atoms with Gasteiger partial charge < -0.3 is 29.0 Å².